The summed E-state index contributed by atoms with van der Waals surface area (Å²) in [7, 11) is 3.08. The van der Waals surface area contributed by atoms with Crippen LogP contribution in [0.3, 0.4) is 0 Å². The maximum Gasteiger partial charge on any atom is 0.244 e. The minimum absolute atomic E-state index is 0.0311. The summed E-state index contributed by atoms with van der Waals surface area (Å²) in [5.74, 6) is 1.09. The lowest BCUT2D eigenvalue weighted by Gasteiger charge is -2.11. The minimum Gasteiger partial charge on any atom is -0.493 e. The van der Waals surface area contributed by atoms with Crippen molar-refractivity contribution in [3.63, 3.8) is 0 Å². The van der Waals surface area contributed by atoms with E-state index in [0.29, 0.717) is 22.3 Å². The fraction of sp³-hybridized carbons (Fsp3) is 0.308. The number of hydrogen-bond acceptors (Lipinski definition) is 7. The number of thioether (sulfide) groups is 1. The molecule has 0 unspecified atom stereocenters. The molecule has 0 fully saturated rings. The molecule has 3 N–H and O–H groups in total. The van der Waals surface area contributed by atoms with Gasteiger partial charge in [0.15, 0.2) is 16.7 Å². The van der Waals surface area contributed by atoms with Crippen LogP contribution in [0.4, 0.5) is 11.6 Å². The summed E-state index contributed by atoms with van der Waals surface area (Å²) >= 11 is 1.37. The Labute approximate surface area is 132 Å². The first-order valence-electron chi connectivity index (χ1n) is 6.33. The highest BCUT2D eigenvalue weighted by molar-refractivity contribution is 7.98. The maximum absolute atomic E-state index is 12.1. The molecule has 2 rings (SSSR count). The first-order chi connectivity index (χ1) is 10.6. The molecule has 9 heteroatoms. The number of anilines is 2. The van der Waals surface area contributed by atoms with E-state index < -0.39 is 0 Å². The third-order valence-electron chi connectivity index (χ3n) is 2.90. The third-order valence-corrected chi connectivity index (χ3v) is 3.56. The summed E-state index contributed by atoms with van der Waals surface area (Å²) in [5, 5.41) is 11.0. The molecule has 1 heterocycles. The van der Waals surface area contributed by atoms with Crippen molar-refractivity contribution in [3.05, 3.63) is 18.2 Å². The molecular weight excluding hydrogens is 306 g/mol. The van der Waals surface area contributed by atoms with E-state index >= 15 is 0 Å². The van der Waals surface area contributed by atoms with Gasteiger partial charge in [-0.15, -0.1) is 10.2 Å². The number of carbonyl (C=O) groups excluding carboxylic acids is 1. The van der Waals surface area contributed by atoms with Gasteiger partial charge in [-0.2, -0.15) is 0 Å². The molecule has 0 aliphatic rings. The number of benzene rings is 1. The van der Waals surface area contributed by atoms with Crippen molar-refractivity contribution >= 4 is 29.3 Å². The van der Waals surface area contributed by atoms with Gasteiger partial charge in [-0.1, -0.05) is 11.8 Å². The predicted molar refractivity (Wildman–Crippen MR) is 84.4 cm³/mol. The van der Waals surface area contributed by atoms with Gasteiger partial charge >= 0.3 is 0 Å². The van der Waals surface area contributed by atoms with Gasteiger partial charge in [0.1, 0.15) is 6.54 Å². The first-order valence-corrected chi connectivity index (χ1v) is 7.56. The van der Waals surface area contributed by atoms with Crippen LogP contribution < -0.4 is 20.5 Å². The molecule has 8 nitrogen and oxygen atoms in total. The molecule has 0 aliphatic carbocycles. The first kappa shape index (κ1) is 16.0. The molecule has 118 valence electrons. The molecule has 0 saturated carbocycles. The van der Waals surface area contributed by atoms with E-state index in [4.69, 9.17) is 15.2 Å². The monoisotopic (exact) mass is 323 g/mol. The topological polar surface area (TPSA) is 104 Å². The zero-order chi connectivity index (χ0) is 16.1. The standard InChI is InChI=1S/C13H17N5O3S/c1-20-9-5-4-8(6-10(9)21-2)15-11(19)7-18-12(14)16-17-13(18)22-3/h4-6H,7H2,1-3H3,(H2,14,16)(H,15,19). The number of rotatable bonds is 6. The van der Waals surface area contributed by atoms with Crippen molar-refractivity contribution in [3.8, 4) is 11.5 Å². The zero-order valence-electron chi connectivity index (χ0n) is 12.5. The van der Waals surface area contributed by atoms with Crippen LogP contribution in [0.15, 0.2) is 23.4 Å². The molecule has 0 radical (unpaired) electrons. The largest absolute Gasteiger partial charge is 0.493 e. The highest BCUT2D eigenvalue weighted by atomic mass is 32.2. The molecule has 1 aromatic carbocycles. The number of nitrogens with zero attached hydrogens (tertiary/aromatic N) is 3. The summed E-state index contributed by atoms with van der Waals surface area (Å²) < 4.78 is 11.9. The molecule has 0 spiro atoms. The van der Waals surface area contributed by atoms with Crippen molar-refractivity contribution in [2.24, 2.45) is 0 Å². The van der Waals surface area contributed by atoms with Crippen LogP contribution in [0.2, 0.25) is 0 Å². The lowest BCUT2D eigenvalue weighted by Crippen LogP contribution is -2.20. The van der Waals surface area contributed by atoms with Gasteiger partial charge in [0.05, 0.1) is 14.2 Å². The van der Waals surface area contributed by atoms with Gasteiger partial charge in [0.2, 0.25) is 11.9 Å². The fourth-order valence-corrected chi connectivity index (χ4v) is 2.36. The molecule has 0 bridgehead atoms. The van der Waals surface area contributed by atoms with Crippen LogP contribution >= 0.6 is 11.8 Å². The van der Waals surface area contributed by atoms with E-state index in [-0.39, 0.29) is 18.4 Å². The van der Waals surface area contributed by atoms with Crippen molar-refractivity contribution in [1.29, 1.82) is 0 Å². The number of ether oxygens (including phenoxy) is 2. The number of nitrogen functional groups attached to an aromatic ring is 1. The molecule has 1 aromatic heterocycles. The lowest BCUT2D eigenvalue weighted by molar-refractivity contribution is -0.116. The maximum atomic E-state index is 12.1. The number of aromatic nitrogens is 3. The Hall–Kier alpha value is -2.42. The summed E-state index contributed by atoms with van der Waals surface area (Å²) in [6, 6.07) is 5.13. The number of amides is 1. The van der Waals surface area contributed by atoms with E-state index in [1.54, 1.807) is 29.9 Å². The van der Waals surface area contributed by atoms with Crippen LogP contribution in [0.5, 0.6) is 11.5 Å². The number of carbonyl (C=O) groups is 1. The van der Waals surface area contributed by atoms with E-state index in [0.717, 1.165) is 0 Å². The lowest BCUT2D eigenvalue weighted by atomic mass is 10.2. The molecule has 1 amide bonds. The molecular formula is C13H17N5O3S. The summed E-state index contributed by atoms with van der Waals surface area (Å²) in [4.78, 5) is 12.1. The zero-order valence-corrected chi connectivity index (χ0v) is 13.3. The average molecular weight is 323 g/mol. The van der Waals surface area contributed by atoms with E-state index in [1.807, 2.05) is 6.26 Å². The van der Waals surface area contributed by atoms with Gasteiger partial charge in [-0.25, -0.2) is 0 Å². The van der Waals surface area contributed by atoms with E-state index in [9.17, 15) is 4.79 Å². The van der Waals surface area contributed by atoms with Gasteiger partial charge in [0.25, 0.3) is 0 Å². The molecule has 2 aromatic rings. The van der Waals surface area contributed by atoms with Crippen LogP contribution in [-0.4, -0.2) is 41.1 Å². The van der Waals surface area contributed by atoms with Crippen LogP contribution in [-0.2, 0) is 11.3 Å². The summed E-state index contributed by atoms with van der Waals surface area (Å²) in [5.41, 5.74) is 6.30. The van der Waals surface area contributed by atoms with Crippen LogP contribution in [0.1, 0.15) is 0 Å². The second-order valence-electron chi connectivity index (χ2n) is 4.25. The second kappa shape index (κ2) is 7.03. The Bertz CT molecular complexity index is 674. The molecule has 0 aliphatic heterocycles. The molecule has 0 atom stereocenters. The van der Waals surface area contributed by atoms with E-state index in [1.165, 1.54) is 18.9 Å². The normalized spacial score (nSPS) is 10.3. The van der Waals surface area contributed by atoms with Crippen LogP contribution in [0, 0.1) is 0 Å². The Morgan fingerprint density at radius 2 is 2.05 bits per heavy atom. The third kappa shape index (κ3) is 3.42. The molecule has 22 heavy (non-hydrogen) atoms. The van der Waals surface area contributed by atoms with Crippen molar-refractivity contribution < 1.29 is 14.3 Å². The van der Waals surface area contributed by atoms with Crippen LogP contribution in [0.25, 0.3) is 0 Å². The quantitative estimate of drug-likeness (QED) is 0.771. The average Bonchev–Trinajstić information content (AvgIpc) is 2.87. The van der Waals surface area contributed by atoms with Gasteiger partial charge < -0.3 is 20.5 Å². The highest BCUT2D eigenvalue weighted by Gasteiger charge is 2.13. The minimum atomic E-state index is -0.242. The number of nitrogens with two attached hydrogens (primary N) is 1. The summed E-state index contributed by atoms with van der Waals surface area (Å²) in [6.45, 7) is 0.0311. The Morgan fingerprint density at radius 1 is 1.32 bits per heavy atom. The van der Waals surface area contributed by atoms with Gasteiger partial charge in [0, 0.05) is 11.8 Å². The Kier molecular flexibility index (Phi) is 5.10. The van der Waals surface area contributed by atoms with E-state index in [2.05, 4.69) is 15.5 Å². The van der Waals surface area contributed by atoms with Crippen molar-refractivity contribution in [2.45, 2.75) is 11.7 Å². The summed E-state index contributed by atoms with van der Waals surface area (Å²) in [6.07, 6.45) is 1.84. The van der Waals surface area contributed by atoms with Crippen molar-refractivity contribution in [2.75, 3.05) is 31.5 Å². The fourth-order valence-electron chi connectivity index (χ4n) is 1.86. The number of hydrogen-bond donors (Lipinski definition) is 2. The Morgan fingerprint density at radius 3 is 2.68 bits per heavy atom. The number of methoxy groups -OCH3 is 2. The van der Waals surface area contributed by atoms with Gasteiger partial charge in [-0.05, 0) is 18.4 Å². The van der Waals surface area contributed by atoms with Crippen molar-refractivity contribution in [1.82, 2.24) is 14.8 Å². The Balaban J connectivity index is 2.10. The highest BCUT2D eigenvalue weighted by Crippen LogP contribution is 2.29. The number of nitrogens with one attached hydrogen (secondary N) is 1. The predicted octanol–water partition coefficient (Wildman–Crippen LogP) is 1.24. The SMILES string of the molecule is COc1ccc(NC(=O)Cn2c(N)nnc2SC)cc1OC. The second-order valence-corrected chi connectivity index (χ2v) is 5.02. The smallest absolute Gasteiger partial charge is 0.244 e. The van der Waals surface area contributed by atoms with Gasteiger partial charge in [-0.3, -0.25) is 9.36 Å². The molecule has 0 saturated heterocycles.